The average molecular weight is 661 g/mol. The lowest BCUT2D eigenvalue weighted by molar-refractivity contribution is 0.350. The minimum atomic E-state index is -1.000. The number of rotatable bonds is 2. The molecule has 2 atom stereocenters. The van der Waals surface area contributed by atoms with Crippen molar-refractivity contribution >= 4 is 32.7 Å². The summed E-state index contributed by atoms with van der Waals surface area (Å²) in [6.07, 6.45) is 9.73. The van der Waals surface area contributed by atoms with Gasteiger partial charge in [-0.25, -0.2) is 0 Å². The first-order valence-electron chi connectivity index (χ1n) is 16.0. The molecule has 0 saturated heterocycles. The zero-order valence-corrected chi connectivity index (χ0v) is 26.1. The van der Waals surface area contributed by atoms with Crippen molar-refractivity contribution in [3.63, 3.8) is 0 Å². The third-order valence-electron chi connectivity index (χ3n) is 10.3. The van der Waals surface area contributed by atoms with Crippen molar-refractivity contribution in [3.8, 4) is 68.2 Å². The lowest BCUT2D eigenvalue weighted by Crippen LogP contribution is -2.23. The van der Waals surface area contributed by atoms with Crippen molar-refractivity contribution in [1.82, 2.24) is 0 Å². The zero-order valence-electron chi connectivity index (χ0n) is 26.1. The van der Waals surface area contributed by atoms with Gasteiger partial charge >= 0.3 is 0 Å². The maximum absolute atomic E-state index is 11.8. The normalized spacial score (nSPS) is 17.3. The summed E-state index contributed by atoms with van der Waals surface area (Å²) in [5, 5.41) is 89.8. The topological polar surface area (TPSA) is 162 Å². The van der Waals surface area contributed by atoms with Gasteiger partial charge in [0.05, 0.1) is 0 Å². The number of benzene rings is 6. The highest BCUT2D eigenvalue weighted by Gasteiger charge is 2.41. The second-order valence-electron chi connectivity index (χ2n) is 12.8. The van der Waals surface area contributed by atoms with Crippen LogP contribution in [0.25, 0.3) is 54.9 Å². The summed E-state index contributed by atoms with van der Waals surface area (Å²) in [6, 6.07) is 24.6. The highest BCUT2D eigenvalue weighted by molar-refractivity contribution is 6.27. The van der Waals surface area contributed by atoms with Crippen LogP contribution >= 0.6 is 0 Å². The summed E-state index contributed by atoms with van der Waals surface area (Å²) in [5.74, 6) is -7.61. The van der Waals surface area contributed by atoms with Gasteiger partial charge in [-0.3, -0.25) is 0 Å². The maximum atomic E-state index is 11.8. The Morgan fingerprint density at radius 3 is 1.54 bits per heavy atom. The zero-order chi connectivity index (χ0) is 34.6. The van der Waals surface area contributed by atoms with E-state index in [2.05, 4.69) is 24.3 Å². The van der Waals surface area contributed by atoms with E-state index in [9.17, 15) is 40.9 Å². The Labute approximate surface area is 284 Å². The van der Waals surface area contributed by atoms with Gasteiger partial charge in [0.25, 0.3) is 0 Å². The Morgan fingerprint density at radius 1 is 0.440 bits per heavy atom. The van der Waals surface area contributed by atoms with E-state index >= 15 is 0 Å². The molecule has 8 N–H and O–H groups in total. The first kappa shape index (κ1) is 29.3. The number of hydrogen-bond donors (Lipinski definition) is 8. The molecule has 0 radical (unpaired) electrons. The Balaban J connectivity index is 1.54. The first-order valence-corrected chi connectivity index (χ1v) is 16.0. The van der Waals surface area contributed by atoms with Crippen LogP contribution in [0.4, 0.5) is 0 Å². The molecule has 8 heteroatoms. The van der Waals surface area contributed by atoms with Crippen molar-refractivity contribution in [2.24, 2.45) is 5.92 Å². The molecule has 3 aliphatic carbocycles. The Morgan fingerprint density at radius 2 is 0.940 bits per heavy atom. The van der Waals surface area contributed by atoms with Crippen molar-refractivity contribution < 1.29 is 40.9 Å². The number of aromatic hydroxyl groups is 8. The standard InChI is InChI=1S/C42H28O8/c43-35-31-28(19-10-2-1-3-11-19)32-34(38(46)42(50)40(48)36(32)44)30(33(31)37(45)41(49)39(35)47)27-18-26-22-14-5-4-12-20(22)21-13-6-8-16-24(21)29(26)25-17-9-7-15-23(25)27/h1-18,25,29,43-50H. The molecule has 0 amide bonds. The third-order valence-corrected chi connectivity index (χ3v) is 10.3. The molecular weight excluding hydrogens is 632 g/mol. The van der Waals surface area contributed by atoms with E-state index in [0.29, 0.717) is 11.1 Å². The van der Waals surface area contributed by atoms with Gasteiger partial charge in [-0.1, -0.05) is 103 Å². The van der Waals surface area contributed by atoms with Crippen LogP contribution in [0.1, 0.15) is 22.6 Å². The summed E-state index contributed by atoms with van der Waals surface area (Å²) in [7, 11) is 0. The fourth-order valence-corrected chi connectivity index (χ4v) is 8.23. The van der Waals surface area contributed by atoms with E-state index in [1.54, 1.807) is 30.3 Å². The lowest BCUT2D eigenvalue weighted by atomic mass is 9.63. The molecule has 0 saturated carbocycles. The van der Waals surface area contributed by atoms with Crippen LogP contribution < -0.4 is 0 Å². The molecule has 0 heterocycles. The smallest absolute Gasteiger partial charge is 0.204 e. The van der Waals surface area contributed by atoms with Crippen molar-refractivity contribution in [1.29, 1.82) is 0 Å². The third kappa shape index (κ3) is 3.70. The van der Waals surface area contributed by atoms with E-state index < -0.39 is 46.0 Å². The van der Waals surface area contributed by atoms with Gasteiger partial charge in [0.2, 0.25) is 23.0 Å². The van der Waals surface area contributed by atoms with Crippen LogP contribution in [0.15, 0.2) is 115 Å². The van der Waals surface area contributed by atoms with Gasteiger partial charge in [-0.2, -0.15) is 0 Å². The highest BCUT2D eigenvalue weighted by atomic mass is 16.4. The van der Waals surface area contributed by atoms with E-state index in [0.717, 1.165) is 33.4 Å². The van der Waals surface area contributed by atoms with Crippen molar-refractivity contribution in [2.75, 3.05) is 0 Å². The highest BCUT2D eigenvalue weighted by Crippen LogP contribution is 2.63. The monoisotopic (exact) mass is 660 g/mol. The number of hydrogen-bond acceptors (Lipinski definition) is 8. The van der Waals surface area contributed by atoms with Gasteiger partial charge in [0, 0.05) is 44.5 Å². The van der Waals surface area contributed by atoms with Crippen LogP contribution in [0.2, 0.25) is 0 Å². The van der Waals surface area contributed by atoms with Crippen molar-refractivity contribution in [2.45, 2.75) is 5.92 Å². The average Bonchev–Trinajstić information content (AvgIpc) is 3.16. The maximum Gasteiger partial charge on any atom is 0.204 e. The largest absolute Gasteiger partial charge is 0.504 e. The number of phenols is 8. The van der Waals surface area contributed by atoms with Crippen LogP contribution in [0, 0.1) is 5.92 Å². The van der Waals surface area contributed by atoms with Crippen molar-refractivity contribution in [3.05, 3.63) is 132 Å². The van der Waals surface area contributed by atoms with E-state index in [4.69, 9.17) is 0 Å². The number of fused-ring (bicyclic) bond motifs is 10. The SMILES string of the molecule is Oc1c(O)c(O)c2c(-c3ccccc3)c3c(O)c(O)c(O)c(O)c3c(C3=C4C=CC=CC4C4C(=C3)c3ccccc3-c3ccccc34)c2c1O. The molecular formula is C42H28O8. The molecule has 6 aromatic carbocycles. The van der Waals surface area contributed by atoms with Gasteiger partial charge in [0.15, 0.2) is 23.0 Å². The number of phenolic OH excluding ortho intramolecular Hbond substituents is 8. The molecule has 244 valence electrons. The van der Waals surface area contributed by atoms with Crippen LogP contribution in [0.3, 0.4) is 0 Å². The summed E-state index contributed by atoms with van der Waals surface area (Å²) in [6.45, 7) is 0. The Bertz CT molecular complexity index is 2550. The fraction of sp³-hybridized carbons (Fsp3) is 0.0476. The quantitative estimate of drug-likeness (QED) is 0.0520. The first-order chi connectivity index (χ1) is 24.2. The van der Waals surface area contributed by atoms with Gasteiger partial charge in [-0.05, 0) is 50.6 Å². The van der Waals surface area contributed by atoms with Gasteiger partial charge in [-0.15, -0.1) is 0 Å². The summed E-state index contributed by atoms with van der Waals surface area (Å²) < 4.78 is 0. The van der Waals surface area contributed by atoms with E-state index in [1.165, 1.54) is 0 Å². The van der Waals surface area contributed by atoms with E-state index in [1.807, 2.05) is 54.6 Å². The molecule has 8 nitrogen and oxygen atoms in total. The Kier molecular flexibility index (Phi) is 6.07. The van der Waals surface area contributed by atoms with Crippen LogP contribution in [-0.4, -0.2) is 40.9 Å². The Hall–Kier alpha value is -6.80. The fourth-order valence-electron chi connectivity index (χ4n) is 8.23. The molecule has 0 aliphatic heterocycles. The molecule has 50 heavy (non-hydrogen) atoms. The second-order valence-corrected chi connectivity index (χ2v) is 12.8. The molecule has 6 aromatic rings. The molecule has 2 unspecified atom stereocenters. The molecule has 0 bridgehead atoms. The van der Waals surface area contributed by atoms with E-state index in [-0.39, 0.29) is 44.5 Å². The molecule has 0 spiro atoms. The summed E-state index contributed by atoms with van der Waals surface area (Å²) >= 11 is 0. The molecule has 3 aliphatic rings. The minimum Gasteiger partial charge on any atom is -0.504 e. The molecule has 0 aromatic heterocycles. The summed E-state index contributed by atoms with van der Waals surface area (Å²) in [5.41, 5.74) is 6.75. The molecule has 9 rings (SSSR count). The predicted octanol–water partition coefficient (Wildman–Crippen LogP) is 8.66. The predicted molar refractivity (Wildman–Crippen MR) is 191 cm³/mol. The van der Waals surface area contributed by atoms with Gasteiger partial charge in [0.1, 0.15) is 0 Å². The van der Waals surface area contributed by atoms with Gasteiger partial charge < -0.3 is 40.9 Å². The summed E-state index contributed by atoms with van der Waals surface area (Å²) in [4.78, 5) is 0. The number of allylic oxidation sites excluding steroid dienone is 8. The van der Waals surface area contributed by atoms with Crippen LogP contribution in [-0.2, 0) is 0 Å². The van der Waals surface area contributed by atoms with Crippen LogP contribution in [0.5, 0.6) is 46.0 Å². The molecule has 0 fully saturated rings. The minimum absolute atomic E-state index is 0.0186. The second kappa shape index (κ2) is 10.3. The lowest BCUT2D eigenvalue weighted by Gasteiger charge is -2.40.